The van der Waals surface area contributed by atoms with E-state index in [4.69, 9.17) is 9.47 Å². The number of carbonyl (C=O) groups is 1. The van der Waals surface area contributed by atoms with Crippen LogP contribution in [0.2, 0.25) is 0 Å². The van der Waals surface area contributed by atoms with Gasteiger partial charge in [0.15, 0.2) is 11.5 Å². The van der Waals surface area contributed by atoms with E-state index in [-0.39, 0.29) is 18.5 Å². The fourth-order valence-corrected chi connectivity index (χ4v) is 4.19. The van der Waals surface area contributed by atoms with Gasteiger partial charge in [-0.3, -0.25) is 9.10 Å². The number of nitrogens with zero attached hydrogens (tertiary/aromatic N) is 2. The van der Waals surface area contributed by atoms with Crippen molar-refractivity contribution in [2.24, 2.45) is 0 Å². The van der Waals surface area contributed by atoms with Gasteiger partial charge in [0, 0.05) is 18.7 Å². The number of likely N-dealkylation sites (tertiary alicyclic amines) is 1. The van der Waals surface area contributed by atoms with Crippen molar-refractivity contribution < 1.29 is 22.7 Å². The maximum Gasteiger partial charge on any atom is 0.243 e. The molecule has 2 rings (SSSR count). The average Bonchev–Trinajstić information content (AvgIpc) is 2.64. The van der Waals surface area contributed by atoms with Crippen molar-refractivity contribution in [2.75, 3.05) is 37.9 Å². The van der Waals surface area contributed by atoms with Gasteiger partial charge in [0.1, 0.15) is 6.54 Å². The highest BCUT2D eigenvalue weighted by molar-refractivity contribution is 7.92. The molecule has 146 valence electrons. The van der Waals surface area contributed by atoms with E-state index in [9.17, 15) is 13.2 Å². The Morgan fingerprint density at radius 3 is 2.50 bits per heavy atom. The first-order chi connectivity index (χ1) is 12.3. The molecule has 1 fully saturated rings. The molecule has 0 aliphatic carbocycles. The molecular weight excluding hydrogens is 356 g/mol. The molecular formula is C18H28N2O5S. The van der Waals surface area contributed by atoms with E-state index in [0.29, 0.717) is 23.7 Å². The first-order valence-electron chi connectivity index (χ1n) is 8.81. The molecule has 7 nitrogen and oxygen atoms in total. The van der Waals surface area contributed by atoms with Crippen LogP contribution in [0.4, 0.5) is 5.69 Å². The van der Waals surface area contributed by atoms with Crippen molar-refractivity contribution in [3.63, 3.8) is 0 Å². The van der Waals surface area contributed by atoms with Crippen LogP contribution in [0.25, 0.3) is 0 Å². The number of methoxy groups -OCH3 is 2. The summed E-state index contributed by atoms with van der Waals surface area (Å²) in [7, 11) is -0.637. The molecule has 0 aromatic heterocycles. The molecule has 1 aliphatic heterocycles. The lowest BCUT2D eigenvalue weighted by atomic mass is 10.00. The Morgan fingerprint density at radius 2 is 1.92 bits per heavy atom. The number of hydrogen-bond acceptors (Lipinski definition) is 5. The highest BCUT2D eigenvalue weighted by atomic mass is 32.2. The van der Waals surface area contributed by atoms with Gasteiger partial charge >= 0.3 is 0 Å². The van der Waals surface area contributed by atoms with Crippen LogP contribution in [0.15, 0.2) is 18.2 Å². The van der Waals surface area contributed by atoms with Gasteiger partial charge in [-0.15, -0.1) is 0 Å². The average molecular weight is 384 g/mol. The molecule has 1 amide bonds. The van der Waals surface area contributed by atoms with Crippen LogP contribution in [0.3, 0.4) is 0 Å². The lowest BCUT2D eigenvalue weighted by Crippen LogP contribution is -2.48. The van der Waals surface area contributed by atoms with Crippen LogP contribution in [-0.4, -0.2) is 58.8 Å². The highest BCUT2D eigenvalue weighted by Crippen LogP contribution is 2.32. The maximum absolute atomic E-state index is 12.8. The fourth-order valence-electron chi connectivity index (χ4n) is 3.35. The van der Waals surface area contributed by atoms with Crippen LogP contribution < -0.4 is 13.8 Å². The number of carbonyl (C=O) groups excluding carboxylic acids is 1. The molecule has 0 bridgehead atoms. The van der Waals surface area contributed by atoms with Crippen LogP contribution in [0.5, 0.6) is 11.5 Å². The fraction of sp³-hybridized carbons (Fsp3) is 0.611. The molecule has 8 heteroatoms. The molecule has 1 aromatic rings. The van der Waals surface area contributed by atoms with Crippen molar-refractivity contribution in [1.29, 1.82) is 0 Å². The highest BCUT2D eigenvalue weighted by Gasteiger charge is 2.29. The summed E-state index contributed by atoms with van der Waals surface area (Å²) in [6.07, 6.45) is 5.01. The Balaban J connectivity index is 2.30. The summed E-state index contributed by atoms with van der Waals surface area (Å²) in [5, 5.41) is 0. The topological polar surface area (TPSA) is 76.2 Å². The Labute approximate surface area is 155 Å². The number of anilines is 1. The summed E-state index contributed by atoms with van der Waals surface area (Å²) in [4.78, 5) is 14.7. The van der Waals surface area contributed by atoms with Crippen LogP contribution in [0.1, 0.15) is 32.6 Å². The Morgan fingerprint density at radius 1 is 1.23 bits per heavy atom. The molecule has 0 saturated carbocycles. The number of rotatable bonds is 7. The first kappa shape index (κ1) is 20.4. The van der Waals surface area contributed by atoms with Gasteiger partial charge in [-0.1, -0.05) is 6.92 Å². The van der Waals surface area contributed by atoms with E-state index in [1.807, 2.05) is 4.90 Å². The standard InChI is InChI=1S/C18H28N2O5S/c1-5-14-8-6-7-11-19(14)18(21)13-20(26(4,22)23)15-9-10-16(24-2)17(12-15)25-3/h9-10,12,14H,5-8,11,13H2,1-4H3. The third-order valence-corrected chi connectivity index (χ3v) is 5.89. The number of piperidine rings is 1. The lowest BCUT2D eigenvalue weighted by molar-refractivity contribution is -0.133. The molecule has 0 spiro atoms. The zero-order valence-corrected chi connectivity index (χ0v) is 16.7. The Bertz CT molecular complexity index is 735. The van der Waals surface area contributed by atoms with Gasteiger partial charge in [0.25, 0.3) is 0 Å². The SMILES string of the molecule is CCC1CCCCN1C(=O)CN(c1ccc(OC)c(OC)c1)S(C)(=O)=O. The summed E-state index contributed by atoms with van der Waals surface area (Å²) in [6.45, 7) is 2.52. The third-order valence-electron chi connectivity index (χ3n) is 4.75. The smallest absolute Gasteiger partial charge is 0.243 e. The minimum absolute atomic E-state index is 0.170. The first-order valence-corrected chi connectivity index (χ1v) is 10.7. The van der Waals surface area contributed by atoms with Gasteiger partial charge in [-0.25, -0.2) is 8.42 Å². The summed E-state index contributed by atoms with van der Waals surface area (Å²) in [6, 6.07) is 5.00. The molecule has 1 unspecified atom stereocenters. The van der Waals surface area contributed by atoms with Gasteiger partial charge in [-0.05, 0) is 37.8 Å². The second-order valence-corrected chi connectivity index (χ2v) is 8.36. The summed E-state index contributed by atoms with van der Waals surface area (Å²) >= 11 is 0. The summed E-state index contributed by atoms with van der Waals surface area (Å²) < 4.78 is 36.2. The number of ether oxygens (including phenoxy) is 2. The predicted molar refractivity (Wildman–Crippen MR) is 101 cm³/mol. The lowest BCUT2D eigenvalue weighted by Gasteiger charge is -2.36. The van der Waals surface area contributed by atoms with Crippen LogP contribution in [0, 0.1) is 0 Å². The Hall–Kier alpha value is -1.96. The number of benzene rings is 1. The van der Waals surface area contributed by atoms with E-state index in [1.165, 1.54) is 14.2 Å². The molecule has 26 heavy (non-hydrogen) atoms. The van der Waals surface area contributed by atoms with Crippen LogP contribution in [-0.2, 0) is 14.8 Å². The second kappa shape index (κ2) is 8.62. The van der Waals surface area contributed by atoms with Crippen molar-refractivity contribution >= 4 is 21.6 Å². The van der Waals surface area contributed by atoms with Crippen molar-refractivity contribution in [2.45, 2.75) is 38.6 Å². The minimum atomic E-state index is -3.63. The molecule has 1 heterocycles. The number of hydrogen-bond donors (Lipinski definition) is 0. The molecule has 1 aromatic carbocycles. The summed E-state index contributed by atoms with van der Waals surface area (Å²) in [5.41, 5.74) is 0.378. The monoisotopic (exact) mass is 384 g/mol. The Kier molecular flexibility index (Phi) is 6.75. The maximum atomic E-state index is 12.8. The van der Waals surface area contributed by atoms with E-state index in [1.54, 1.807) is 18.2 Å². The quantitative estimate of drug-likeness (QED) is 0.721. The number of sulfonamides is 1. The normalized spacial score (nSPS) is 17.7. The van der Waals surface area contributed by atoms with E-state index in [2.05, 4.69) is 6.92 Å². The molecule has 1 saturated heterocycles. The van der Waals surface area contributed by atoms with Crippen molar-refractivity contribution in [3.8, 4) is 11.5 Å². The van der Waals surface area contributed by atoms with Gasteiger partial charge in [-0.2, -0.15) is 0 Å². The van der Waals surface area contributed by atoms with E-state index >= 15 is 0 Å². The largest absolute Gasteiger partial charge is 0.493 e. The van der Waals surface area contributed by atoms with Crippen molar-refractivity contribution in [3.05, 3.63) is 18.2 Å². The molecule has 0 N–H and O–H groups in total. The zero-order chi connectivity index (χ0) is 19.3. The van der Waals surface area contributed by atoms with E-state index in [0.717, 1.165) is 36.2 Å². The second-order valence-electron chi connectivity index (χ2n) is 6.45. The predicted octanol–water partition coefficient (Wildman–Crippen LogP) is 2.26. The molecule has 1 atom stereocenters. The zero-order valence-electron chi connectivity index (χ0n) is 15.9. The molecule has 0 radical (unpaired) electrons. The van der Waals surface area contributed by atoms with Gasteiger partial charge < -0.3 is 14.4 Å². The van der Waals surface area contributed by atoms with E-state index < -0.39 is 10.0 Å². The third kappa shape index (κ3) is 4.60. The summed E-state index contributed by atoms with van der Waals surface area (Å²) in [5.74, 6) is 0.741. The van der Waals surface area contributed by atoms with Gasteiger partial charge in [0.2, 0.25) is 15.9 Å². The van der Waals surface area contributed by atoms with Gasteiger partial charge in [0.05, 0.1) is 26.2 Å². The van der Waals surface area contributed by atoms with Crippen molar-refractivity contribution in [1.82, 2.24) is 4.90 Å². The minimum Gasteiger partial charge on any atom is -0.493 e. The number of amides is 1. The van der Waals surface area contributed by atoms with Crippen LogP contribution >= 0.6 is 0 Å². The molecule has 1 aliphatic rings.